The summed E-state index contributed by atoms with van der Waals surface area (Å²) in [5.74, 6) is 0.707. The highest BCUT2D eigenvalue weighted by Crippen LogP contribution is 2.04. The smallest absolute Gasteiger partial charge is 0.221 e. The van der Waals surface area contributed by atoms with E-state index in [9.17, 15) is 4.79 Å². The summed E-state index contributed by atoms with van der Waals surface area (Å²) in [6, 6.07) is 5.38. The topological polar surface area (TPSA) is 80.0 Å². The maximum atomic E-state index is 11.4. The first kappa shape index (κ1) is 14.4. The minimum Gasteiger partial charge on any atom is -0.388 e. The Morgan fingerprint density at radius 3 is 2.89 bits per heavy atom. The molecule has 98 valence electrons. The summed E-state index contributed by atoms with van der Waals surface area (Å²) in [5, 5.41) is 5.87. The monoisotopic (exact) mass is 266 g/mol. The Hall–Kier alpha value is -1.69. The lowest BCUT2D eigenvalue weighted by Gasteiger charge is -2.07. The van der Waals surface area contributed by atoms with Crippen molar-refractivity contribution in [3.63, 3.8) is 0 Å². The summed E-state index contributed by atoms with van der Waals surface area (Å²) >= 11 is 4.85. The molecule has 1 rings (SSSR count). The van der Waals surface area contributed by atoms with Crippen LogP contribution in [-0.2, 0) is 4.79 Å². The van der Waals surface area contributed by atoms with E-state index in [2.05, 4.69) is 15.6 Å². The summed E-state index contributed by atoms with van der Waals surface area (Å²) in [6.07, 6.45) is 1.36. The van der Waals surface area contributed by atoms with Gasteiger partial charge in [-0.25, -0.2) is 4.98 Å². The molecule has 0 saturated carbocycles. The second-order valence-electron chi connectivity index (χ2n) is 3.80. The molecule has 1 aromatic rings. The van der Waals surface area contributed by atoms with Crippen molar-refractivity contribution in [2.75, 3.05) is 18.4 Å². The number of pyridine rings is 1. The molecule has 0 aromatic carbocycles. The van der Waals surface area contributed by atoms with Crippen LogP contribution in [0.4, 0.5) is 5.82 Å². The molecule has 0 saturated heterocycles. The molecule has 4 N–H and O–H groups in total. The SMILES string of the molecule is CCCNC(=O)CCNc1cccc(C(N)=S)n1. The third kappa shape index (κ3) is 5.09. The fraction of sp³-hybridized carbons (Fsp3) is 0.417. The Balaban J connectivity index is 2.37. The lowest BCUT2D eigenvalue weighted by Crippen LogP contribution is -2.26. The molecule has 0 atom stereocenters. The van der Waals surface area contributed by atoms with Crippen LogP contribution in [0.3, 0.4) is 0 Å². The summed E-state index contributed by atoms with van der Waals surface area (Å²) in [5.41, 5.74) is 6.07. The first-order valence-corrected chi connectivity index (χ1v) is 6.31. The van der Waals surface area contributed by atoms with Crippen LogP contribution >= 0.6 is 12.2 Å². The molecule has 0 aliphatic carbocycles. The van der Waals surface area contributed by atoms with Crippen molar-refractivity contribution in [1.82, 2.24) is 10.3 Å². The van der Waals surface area contributed by atoms with E-state index in [1.54, 1.807) is 6.07 Å². The standard InChI is InChI=1S/C12H18N4OS/c1-2-7-15-11(17)6-8-14-10-5-3-4-9(16-10)12(13)18/h3-5H,2,6-8H2,1H3,(H2,13,18)(H,14,16)(H,15,17). The molecule has 0 radical (unpaired) electrons. The van der Waals surface area contributed by atoms with Crippen molar-refractivity contribution in [2.45, 2.75) is 19.8 Å². The third-order valence-corrected chi connectivity index (χ3v) is 2.44. The predicted octanol–water partition coefficient (Wildman–Crippen LogP) is 1.04. The fourth-order valence-electron chi connectivity index (χ4n) is 1.33. The van der Waals surface area contributed by atoms with E-state index in [4.69, 9.17) is 18.0 Å². The lowest BCUT2D eigenvalue weighted by molar-refractivity contribution is -0.120. The fourth-order valence-corrected chi connectivity index (χ4v) is 1.44. The molecule has 0 spiro atoms. The van der Waals surface area contributed by atoms with Crippen molar-refractivity contribution in [3.05, 3.63) is 23.9 Å². The van der Waals surface area contributed by atoms with Crippen molar-refractivity contribution in [3.8, 4) is 0 Å². The molecule has 18 heavy (non-hydrogen) atoms. The molecule has 5 nitrogen and oxygen atoms in total. The van der Waals surface area contributed by atoms with Crippen LogP contribution in [0.5, 0.6) is 0 Å². The van der Waals surface area contributed by atoms with Crippen LogP contribution in [0.1, 0.15) is 25.5 Å². The Morgan fingerprint density at radius 2 is 2.22 bits per heavy atom. The first-order valence-electron chi connectivity index (χ1n) is 5.91. The van der Waals surface area contributed by atoms with Crippen molar-refractivity contribution < 1.29 is 4.79 Å². The molecule has 0 aliphatic heterocycles. The summed E-state index contributed by atoms with van der Waals surface area (Å²) in [7, 11) is 0. The second kappa shape index (κ2) is 7.60. The maximum Gasteiger partial charge on any atom is 0.221 e. The van der Waals surface area contributed by atoms with Gasteiger partial charge in [0.25, 0.3) is 0 Å². The molecule has 0 aliphatic rings. The number of amides is 1. The molecule has 6 heteroatoms. The van der Waals surface area contributed by atoms with Crippen LogP contribution in [-0.4, -0.2) is 29.0 Å². The number of thiocarbonyl (C=S) groups is 1. The van der Waals surface area contributed by atoms with E-state index in [-0.39, 0.29) is 10.9 Å². The number of aromatic nitrogens is 1. The lowest BCUT2D eigenvalue weighted by atomic mass is 10.3. The van der Waals surface area contributed by atoms with E-state index >= 15 is 0 Å². The Labute approximate surface area is 112 Å². The zero-order valence-corrected chi connectivity index (χ0v) is 11.2. The average Bonchev–Trinajstić information content (AvgIpc) is 2.36. The van der Waals surface area contributed by atoms with Gasteiger partial charge in [-0.05, 0) is 18.6 Å². The van der Waals surface area contributed by atoms with E-state index in [0.29, 0.717) is 31.0 Å². The molecular formula is C12H18N4OS. The van der Waals surface area contributed by atoms with Gasteiger partial charge in [-0.2, -0.15) is 0 Å². The van der Waals surface area contributed by atoms with Crippen molar-refractivity contribution in [1.29, 1.82) is 0 Å². The molecule has 0 bridgehead atoms. The van der Waals surface area contributed by atoms with Gasteiger partial charge in [-0.1, -0.05) is 25.2 Å². The van der Waals surface area contributed by atoms with Crippen LogP contribution in [0.25, 0.3) is 0 Å². The highest BCUT2D eigenvalue weighted by molar-refractivity contribution is 7.80. The number of nitrogens with one attached hydrogen (secondary N) is 2. The largest absolute Gasteiger partial charge is 0.388 e. The zero-order chi connectivity index (χ0) is 13.4. The number of carbonyl (C=O) groups is 1. The number of hydrogen-bond acceptors (Lipinski definition) is 4. The molecule has 0 unspecified atom stereocenters. The van der Waals surface area contributed by atoms with Gasteiger partial charge in [0.1, 0.15) is 10.8 Å². The van der Waals surface area contributed by atoms with Crippen LogP contribution < -0.4 is 16.4 Å². The van der Waals surface area contributed by atoms with Crippen molar-refractivity contribution in [2.24, 2.45) is 5.73 Å². The minimum atomic E-state index is 0.0369. The molecule has 1 amide bonds. The minimum absolute atomic E-state index is 0.0369. The van der Waals surface area contributed by atoms with E-state index in [1.165, 1.54) is 0 Å². The van der Waals surface area contributed by atoms with Gasteiger partial charge >= 0.3 is 0 Å². The van der Waals surface area contributed by atoms with Gasteiger partial charge < -0.3 is 16.4 Å². The van der Waals surface area contributed by atoms with Gasteiger partial charge in [0.2, 0.25) is 5.91 Å². The zero-order valence-electron chi connectivity index (χ0n) is 10.4. The quantitative estimate of drug-likeness (QED) is 0.643. The molecular weight excluding hydrogens is 248 g/mol. The first-order chi connectivity index (χ1) is 8.63. The summed E-state index contributed by atoms with van der Waals surface area (Å²) in [6.45, 7) is 3.26. The number of carbonyl (C=O) groups excluding carboxylic acids is 1. The van der Waals surface area contributed by atoms with Crippen molar-refractivity contribution >= 4 is 28.9 Å². The second-order valence-corrected chi connectivity index (χ2v) is 4.24. The van der Waals surface area contributed by atoms with Crippen LogP contribution in [0.2, 0.25) is 0 Å². The Kier molecular flexibility index (Phi) is 6.07. The van der Waals surface area contributed by atoms with Gasteiger partial charge in [0.05, 0.1) is 5.69 Å². The Morgan fingerprint density at radius 1 is 1.44 bits per heavy atom. The van der Waals surface area contributed by atoms with Gasteiger partial charge in [-0.15, -0.1) is 0 Å². The van der Waals surface area contributed by atoms with Crippen LogP contribution in [0, 0.1) is 0 Å². The number of hydrogen-bond donors (Lipinski definition) is 3. The van der Waals surface area contributed by atoms with E-state index in [1.807, 2.05) is 19.1 Å². The maximum absolute atomic E-state index is 11.4. The molecule has 1 heterocycles. The number of anilines is 1. The highest BCUT2D eigenvalue weighted by Gasteiger charge is 2.02. The van der Waals surface area contributed by atoms with Gasteiger partial charge in [0.15, 0.2) is 0 Å². The Bertz CT molecular complexity index is 422. The predicted molar refractivity (Wildman–Crippen MR) is 76.5 cm³/mol. The van der Waals surface area contributed by atoms with E-state index < -0.39 is 0 Å². The number of nitrogens with two attached hydrogens (primary N) is 1. The average molecular weight is 266 g/mol. The number of nitrogens with zero attached hydrogens (tertiary/aromatic N) is 1. The normalized spacial score (nSPS) is 9.83. The number of rotatable bonds is 7. The third-order valence-electron chi connectivity index (χ3n) is 2.23. The molecule has 1 aromatic heterocycles. The summed E-state index contributed by atoms with van der Waals surface area (Å²) in [4.78, 5) is 15.8. The van der Waals surface area contributed by atoms with E-state index in [0.717, 1.165) is 6.42 Å². The molecule has 0 fully saturated rings. The highest BCUT2D eigenvalue weighted by atomic mass is 32.1. The van der Waals surface area contributed by atoms with Gasteiger partial charge in [-0.3, -0.25) is 4.79 Å². The van der Waals surface area contributed by atoms with Gasteiger partial charge in [0, 0.05) is 19.5 Å². The van der Waals surface area contributed by atoms with Crippen LogP contribution in [0.15, 0.2) is 18.2 Å². The summed E-state index contributed by atoms with van der Waals surface area (Å²) < 4.78 is 0.